The molecular formula is C16H28O4. The molecule has 0 bridgehead atoms. The highest BCUT2D eigenvalue weighted by Crippen LogP contribution is 2.04. The summed E-state index contributed by atoms with van der Waals surface area (Å²) in [7, 11) is 0. The Morgan fingerprint density at radius 3 is 2.30 bits per heavy atom. The molecule has 1 N–H and O–H groups in total. The molecule has 0 atom stereocenters. The van der Waals surface area contributed by atoms with Gasteiger partial charge >= 0.3 is 5.97 Å². The molecule has 0 aromatic heterocycles. The third kappa shape index (κ3) is 13.3. The Balaban J connectivity index is 3.56. The van der Waals surface area contributed by atoms with Gasteiger partial charge in [-0.25, -0.2) is 0 Å². The van der Waals surface area contributed by atoms with E-state index >= 15 is 0 Å². The first-order valence-electron chi connectivity index (χ1n) is 7.45. The normalized spacial score (nSPS) is 11.9. The lowest BCUT2D eigenvalue weighted by molar-refractivity contribution is -0.137. The van der Waals surface area contributed by atoms with Crippen molar-refractivity contribution in [1.29, 1.82) is 0 Å². The smallest absolute Gasteiger partial charge is 0.303 e. The maximum atomic E-state index is 10.3. The molecule has 0 unspecified atom stereocenters. The van der Waals surface area contributed by atoms with Crippen LogP contribution < -0.4 is 0 Å². The van der Waals surface area contributed by atoms with E-state index in [0.29, 0.717) is 13.2 Å². The van der Waals surface area contributed by atoms with E-state index in [1.54, 1.807) is 0 Å². The van der Waals surface area contributed by atoms with Gasteiger partial charge in [0, 0.05) is 26.1 Å². The van der Waals surface area contributed by atoms with Crippen molar-refractivity contribution < 1.29 is 19.4 Å². The number of carboxylic acids is 1. The van der Waals surface area contributed by atoms with Crippen LogP contribution in [-0.2, 0) is 14.3 Å². The fourth-order valence-corrected chi connectivity index (χ4v) is 1.69. The van der Waals surface area contributed by atoms with Crippen LogP contribution in [0.4, 0.5) is 0 Å². The summed E-state index contributed by atoms with van der Waals surface area (Å²) in [4.78, 5) is 10.3. The van der Waals surface area contributed by atoms with Crippen molar-refractivity contribution >= 4 is 5.97 Å². The van der Waals surface area contributed by atoms with E-state index in [1.807, 2.05) is 13.8 Å². The average molecular weight is 284 g/mol. The number of ether oxygens (including phenoxy) is 2. The number of aliphatic carboxylic acids is 1. The first kappa shape index (κ1) is 18.9. The van der Waals surface area contributed by atoms with Gasteiger partial charge < -0.3 is 14.6 Å². The number of unbranched alkanes of at least 4 members (excludes halogenated alkanes) is 2. The minimum atomic E-state index is -0.713. The molecule has 116 valence electrons. The summed E-state index contributed by atoms with van der Waals surface area (Å²) in [5.41, 5.74) is 0. The summed E-state index contributed by atoms with van der Waals surface area (Å²) < 4.78 is 10.9. The van der Waals surface area contributed by atoms with E-state index in [1.165, 1.54) is 0 Å². The predicted molar refractivity (Wildman–Crippen MR) is 80.7 cm³/mol. The van der Waals surface area contributed by atoms with Crippen LogP contribution in [0.1, 0.15) is 52.4 Å². The molecule has 0 saturated heterocycles. The van der Waals surface area contributed by atoms with Crippen molar-refractivity contribution in [3.05, 3.63) is 24.3 Å². The summed E-state index contributed by atoms with van der Waals surface area (Å²) in [6, 6.07) is 0. The van der Waals surface area contributed by atoms with Crippen molar-refractivity contribution in [1.82, 2.24) is 0 Å². The number of carbonyl (C=O) groups is 1. The predicted octanol–water partition coefficient (Wildman–Crippen LogP) is 3.92. The number of hydrogen-bond acceptors (Lipinski definition) is 3. The molecule has 0 radical (unpaired) electrons. The summed E-state index contributed by atoms with van der Waals surface area (Å²) >= 11 is 0. The molecule has 0 aromatic rings. The van der Waals surface area contributed by atoms with Crippen LogP contribution in [0, 0.1) is 0 Å². The van der Waals surface area contributed by atoms with Crippen LogP contribution in [0.2, 0.25) is 0 Å². The van der Waals surface area contributed by atoms with Crippen molar-refractivity contribution in [2.75, 3.05) is 13.2 Å². The lowest BCUT2D eigenvalue weighted by atomic mass is 10.2. The molecular weight excluding hydrogens is 256 g/mol. The zero-order valence-electron chi connectivity index (χ0n) is 12.7. The van der Waals surface area contributed by atoms with E-state index in [9.17, 15) is 4.79 Å². The van der Waals surface area contributed by atoms with E-state index in [4.69, 9.17) is 14.6 Å². The molecule has 4 heteroatoms. The van der Waals surface area contributed by atoms with E-state index < -0.39 is 5.97 Å². The average Bonchev–Trinajstić information content (AvgIpc) is 2.41. The van der Waals surface area contributed by atoms with Gasteiger partial charge in [0.2, 0.25) is 0 Å². The minimum absolute atomic E-state index is 0.138. The molecule has 20 heavy (non-hydrogen) atoms. The zero-order chi connectivity index (χ0) is 15.1. The topological polar surface area (TPSA) is 55.8 Å². The maximum Gasteiger partial charge on any atom is 0.303 e. The van der Waals surface area contributed by atoms with E-state index in [0.717, 1.165) is 32.1 Å². The Morgan fingerprint density at radius 2 is 1.70 bits per heavy atom. The third-order valence-electron chi connectivity index (χ3n) is 2.65. The second kappa shape index (κ2) is 14.3. The SMILES string of the molecule is CCOC(C/C=C/C/C=C\CCCCC(=O)O)OCC. The molecule has 0 aliphatic heterocycles. The van der Waals surface area contributed by atoms with Gasteiger partial charge in [0.15, 0.2) is 6.29 Å². The molecule has 0 amide bonds. The molecule has 4 nitrogen and oxygen atoms in total. The Labute approximate surface area is 122 Å². The van der Waals surface area contributed by atoms with Crippen LogP contribution in [0.15, 0.2) is 24.3 Å². The highest BCUT2D eigenvalue weighted by Gasteiger charge is 2.03. The van der Waals surface area contributed by atoms with Gasteiger partial charge in [-0.15, -0.1) is 0 Å². The van der Waals surface area contributed by atoms with Gasteiger partial charge in [-0.3, -0.25) is 4.79 Å². The van der Waals surface area contributed by atoms with Gasteiger partial charge in [0.25, 0.3) is 0 Å². The highest BCUT2D eigenvalue weighted by molar-refractivity contribution is 5.66. The van der Waals surface area contributed by atoms with E-state index in [2.05, 4.69) is 24.3 Å². The zero-order valence-corrected chi connectivity index (χ0v) is 12.7. The van der Waals surface area contributed by atoms with Crippen LogP contribution in [0.25, 0.3) is 0 Å². The van der Waals surface area contributed by atoms with Gasteiger partial charge in [-0.05, 0) is 39.5 Å². The standard InChI is InChI=1S/C16H28O4/c1-3-19-16(20-4-2)14-12-10-8-6-5-7-9-11-13-15(17)18/h5-6,10,12,16H,3-4,7-9,11,13-14H2,1-2H3,(H,17,18)/b6-5-,12-10+. The number of allylic oxidation sites excluding steroid dienone is 3. The molecule has 0 aliphatic carbocycles. The second-order valence-corrected chi connectivity index (χ2v) is 4.39. The van der Waals surface area contributed by atoms with Gasteiger partial charge in [0.05, 0.1) is 0 Å². The number of hydrogen-bond donors (Lipinski definition) is 1. The molecule has 0 fully saturated rings. The second-order valence-electron chi connectivity index (χ2n) is 4.39. The van der Waals surface area contributed by atoms with Crippen LogP contribution in [0.3, 0.4) is 0 Å². The number of rotatable bonds is 13. The van der Waals surface area contributed by atoms with Crippen molar-refractivity contribution in [2.45, 2.75) is 58.7 Å². The highest BCUT2D eigenvalue weighted by atomic mass is 16.7. The molecule has 0 saturated carbocycles. The summed E-state index contributed by atoms with van der Waals surface area (Å²) in [5.74, 6) is -0.713. The van der Waals surface area contributed by atoms with Gasteiger partial charge in [-0.2, -0.15) is 0 Å². The Kier molecular flexibility index (Phi) is 13.5. The van der Waals surface area contributed by atoms with Crippen molar-refractivity contribution in [3.63, 3.8) is 0 Å². The van der Waals surface area contributed by atoms with Crippen LogP contribution >= 0.6 is 0 Å². The number of carboxylic acid groups (broad SMARTS) is 1. The van der Waals surface area contributed by atoms with Gasteiger partial charge in [0.1, 0.15) is 0 Å². The molecule has 0 rings (SSSR count). The van der Waals surface area contributed by atoms with Crippen LogP contribution in [0.5, 0.6) is 0 Å². The Bertz CT molecular complexity index is 278. The first-order chi connectivity index (χ1) is 9.70. The van der Waals surface area contributed by atoms with Crippen molar-refractivity contribution in [3.8, 4) is 0 Å². The molecule has 0 aromatic carbocycles. The first-order valence-corrected chi connectivity index (χ1v) is 7.45. The monoisotopic (exact) mass is 284 g/mol. The van der Waals surface area contributed by atoms with E-state index in [-0.39, 0.29) is 12.7 Å². The molecule has 0 heterocycles. The fourth-order valence-electron chi connectivity index (χ4n) is 1.69. The quantitative estimate of drug-likeness (QED) is 0.316. The Morgan fingerprint density at radius 1 is 1.05 bits per heavy atom. The largest absolute Gasteiger partial charge is 0.481 e. The summed E-state index contributed by atoms with van der Waals surface area (Å²) in [6.45, 7) is 5.25. The molecule has 0 aliphatic rings. The lowest BCUT2D eigenvalue weighted by Gasteiger charge is -2.14. The lowest BCUT2D eigenvalue weighted by Crippen LogP contribution is -2.16. The Hall–Kier alpha value is -1.13. The summed E-state index contributed by atoms with van der Waals surface area (Å²) in [5, 5.41) is 8.49. The van der Waals surface area contributed by atoms with Gasteiger partial charge in [-0.1, -0.05) is 24.3 Å². The third-order valence-corrected chi connectivity index (χ3v) is 2.65. The van der Waals surface area contributed by atoms with Crippen molar-refractivity contribution in [2.24, 2.45) is 0 Å². The minimum Gasteiger partial charge on any atom is -0.481 e. The molecule has 0 spiro atoms. The van der Waals surface area contributed by atoms with Crippen LogP contribution in [-0.4, -0.2) is 30.6 Å². The maximum absolute atomic E-state index is 10.3. The summed E-state index contributed by atoms with van der Waals surface area (Å²) in [6.07, 6.45) is 12.8. The fraction of sp³-hybridized carbons (Fsp3) is 0.688.